The Morgan fingerprint density at radius 2 is 2.41 bits per heavy atom. The van der Waals surface area contributed by atoms with E-state index >= 15 is 0 Å². The first kappa shape index (κ1) is 13.7. The SMILES string of the molecule is C=CCCOCCNC(=O)c1ccnc(Cl)c1. The molecule has 0 bridgehead atoms. The summed E-state index contributed by atoms with van der Waals surface area (Å²) in [6.07, 6.45) is 4.10. The van der Waals surface area contributed by atoms with Crippen molar-refractivity contribution in [2.75, 3.05) is 19.8 Å². The molecule has 1 amide bonds. The fourth-order valence-corrected chi connectivity index (χ4v) is 1.33. The predicted octanol–water partition coefficient (Wildman–Crippen LogP) is 2.06. The van der Waals surface area contributed by atoms with Crippen LogP contribution in [0.3, 0.4) is 0 Å². The van der Waals surface area contributed by atoms with Crippen molar-refractivity contribution in [2.45, 2.75) is 6.42 Å². The molecule has 0 saturated carbocycles. The lowest BCUT2D eigenvalue weighted by atomic mass is 10.2. The van der Waals surface area contributed by atoms with Gasteiger partial charge in [0.25, 0.3) is 5.91 Å². The largest absolute Gasteiger partial charge is 0.379 e. The van der Waals surface area contributed by atoms with Crippen LogP contribution in [0, 0.1) is 0 Å². The number of carbonyl (C=O) groups is 1. The first-order valence-electron chi connectivity index (χ1n) is 5.32. The molecule has 0 aliphatic rings. The lowest BCUT2D eigenvalue weighted by Gasteiger charge is -2.05. The molecule has 1 aromatic heterocycles. The van der Waals surface area contributed by atoms with Crippen LogP contribution in [0.2, 0.25) is 5.15 Å². The van der Waals surface area contributed by atoms with Crippen LogP contribution in [0.4, 0.5) is 0 Å². The van der Waals surface area contributed by atoms with E-state index in [0.717, 1.165) is 6.42 Å². The van der Waals surface area contributed by atoms with Gasteiger partial charge in [-0.3, -0.25) is 4.79 Å². The Balaban J connectivity index is 2.23. The molecule has 5 heteroatoms. The molecule has 1 heterocycles. The van der Waals surface area contributed by atoms with Gasteiger partial charge in [-0.15, -0.1) is 6.58 Å². The second-order valence-corrected chi connectivity index (χ2v) is 3.70. The van der Waals surface area contributed by atoms with E-state index in [1.165, 1.54) is 12.3 Å². The highest BCUT2D eigenvalue weighted by atomic mass is 35.5. The summed E-state index contributed by atoms with van der Waals surface area (Å²) in [4.78, 5) is 15.4. The number of carbonyl (C=O) groups excluding carboxylic acids is 1. The lowest BCUT2D eigenvalue weighted by Crippen LogP contribution is -2.27. The van der Waals surface area contributed by atoms with Crippen LogP contribution >= 0.6 is 11.6 Å². The van der Waals surface area contributed by atoms with E-state index in [1.807, 2.05) is 0 Å². The van der Waals surface area contributed by atoms with E-state index in [9.17, 15) is 4.79 Å². The molecule has 0 atom stereocenters. The van der Waals surface area contributed by atoms with Crippen LogP contribution < -0.4 is 5.32 Å². The predicted molar refractivity (Wildman–Crippen MR) is 67.2 cm³/mol. The average molecular weight is 255 g/mol. The van der Waals surface area contributed by atoms with Crippen molar-refractivity contribution in [2.24, 2.45) is 0 Å². The van der Waals surface area contributed by atoms with Gasteiger partial charge in [-0.1, -0.05) is 17.7 Å². The number of nitrogens with zero attached hydrogens (tertiary/aromatic N) is 1. The Labute approximate surface area is 106 Å². The zero-order valence-electron chi connectivity index (χ0n) is 9.49. The molecule has 92 valence electrons. The van der Waals surface area contributed by atoms with Gasteiger partial charge in [-0.2, -0.15) is 0 Å². The molecule has 0 aromatic carbocycles. The molecular weight excluding hydrogens is 240 g/mol. The molecule has 4 nitrogen and oxygen atoms in total. The Morgan fingerprint density at radius 3 is 3.12 bits per heavy atom. The van der Waals surface area contributed by atoms with E-state index in [0.29, 0.717) is 30.5 Å². The highest BCUT2D eigenvalue weighted by Gasteiger charge is 2.04. The van der Waals surface area contributed by atoms with Crippen molar-refractivity contribution in [1.29, 1.82) is 0 Å². The molecule has 0 fully saturated rings. The van der Waals surface area contributed by atoms with Gasteiger partial charge in [0.1, 0.15) is 5.15 Å². The van der Waals surface area contributed by atoms with Crippen LogP contribution in [0.15, 0.2) is 31.0 Å². The third-order valence-corrected chi connectivity index (χ3v) is 2.19. The smallest absolute Gasteiger partial charge is 0.251 e. The second-order valence-electron chi connectivity index (χ2n) is 3.31. The maximum absolute atomic E-state index is 11.6. The minimum absolute atomic E-state index is 0.179. The van der Waals surface area contributed by atoms with E-state index in [2.05, 4.69) is 16.9 Å². The van der Waals surface area contributed by atoms with Gasteiger partial charge in [-0.25, -0.2) is 4.98 Å². The standard InChI is InChI=1S/C12H15ClN2O2/c1-2-3-7-17-8-6-15-12(16)10-4-5-14-11(13)9-10/h2,4-5,9H,1,3,6-8H2,(H,15,16). The van der Waals surface area contributed by atoms with E-state index in [-0.39, 0.29) is 5.91 Å². The zero-order valence-corrected chi connectivity index (χ0v) is 10.2. The van der Waals surface area contributed by atoms with Crippen molar-refractivity contribution in [3.05, 3.63) is 41.7 Å². The molecule has 0 radical (unpaired) electrons. The summed E-state index contributed by atoms with van der Waals surface area (Å²) in [5.41, 5.74) is 0.496. The normalized spacial score (nSPS) is 9.94. The summed E-state index contributed by atoms with van der Waals surface area (Å²) in [7, 11) is 0. The molecule has 0 saturated heterocycles. The van der Waals surface area contributed by atoms with Gasteiger partial charge in [0.05, 0.1) is 13.2 Å². The zero-order chi connectivity index (χ0) is 12.5. The second kappa shape index (κ2) is 7.81. The quantitative estimate of drug-likeness (QED) is 0.460. The lowest BCUT2D eigenvalue weighted by molar-refractivity contribution is 0.0918. The number of amides is 1. The number of rotatable bonds is 7. The monoisotopic (exact) mass is 254 g/mol. The topological polar surface area (TPSA) is 51.2 Å². The van der Waals surface area contributed by atoms with Crippen molar-refractivity contribution in [3.63, 3.8) is 0 Å². The third-order valence-electron chi connectivity index (χ3n) is 1.99. The van der Waals surface area contributed by atoms with Crippen LogP contribution in [-0.4, -0.2) is 30.6 Å². The third kappa shape index (κ3) is 5.47. The Bertz CT molecular complexity index is 383. The number of hydrogen-bond acceptors (Lipinski definition) is 3. The number of pyridine rings is 1. The summed E-state index contributed by atoms with van der Waals surface area (Å²) < 4.78 is 5.26. The molecule has 17 heavy (non-hydrogen) atoms. The Morgan fingerprint density at radius 1 is 1.59 bits per heavy atom. The van der Waals surface area contributed by atoms with Gasteiger partial charge in [-0.05, 0) is 18.6 Å². The number of nitrogens with one attached hydrogen (secondary N) is 1. The molecule has 0 aliphatic heterocycles. The van der Waals surface area contributed by atoms with Gasteiger partial charge in [0, 0.05) is 18.3 Å². The fourth-order valence-electron chi connectivity index (χ4n) is 1.15. The fraction of sp³-hybridized carbons (Fsp3) is 0.333. The van der Waals surface area contributed by atoms with Crippen LogP contribution in [-0.2, 0) is 4.74 Å². The first-order valence-corrected chi connectivity index (χ1v) is 5.70. The van der Waals surface area contributed by atoms with E-state index in [4.69, 9.17) is 16.3 Å². The molecule has 0 unspecified atom stereocenters. The Hall–Kier alpha value is -1.39. The summed E-state index contributed by atoms with van der Waals surface area (Å²) in [5, 5.41) is 3.03. The molecular formula is C12H15ClN2O2. The minimum Gasteiger partial charge on any atom is -0.379 e. The van der Waals surface area contributed by atoms with Crippen molar-refractivity contribution < 1.29 is 9.53 Å². The van der Waals surface area contributed by atoms with Crippen molar-refractivity contribution in [1.82, 2.24) is 10.3 Å². The van der Waals surface area contributed by atoms with Crippen molar-refractivity contribution in [3.8, 4) is 0 Å². The summed E-state index contributed by atoms with van der Waals surface area (Å²) in [6, 6.07) is 3.13. The van der Waals surface area contributed by atoms with Gasteiger partial charge in [0.2, 0.25) is 0 Å². The summed E-state index contributed by atoms with van der Waals surface area (Å²) >= 11 is 5.68. The van der Waals surface area contributed by atoms with Crippen LogP contribution in [0.5, 0.6) is 0 Å². The van der Waals surface area contributed by atoms with E-state index in [1.54, 1.807) is 12.1 Å². The van der Waals surface area contributed by atoms with Gasteiger partial charge in [0.15, 0.2) is 0 Å². The number of aromatic nitrogens is 1. The van der Waals surface area contributed by atoms with Crippen LogP contribution in [0.1, 0.15) is 16.8 Å². The number of halogens is 1. The molecule has 1 N–H and O–H groups in total. The first-order chi connectivity index (χ1) is 8.24. The molecule has 1 aromatic rings. The summed E-state index contributed by atoms with van der Waals surface area (Å²) in [6.45, 7) is 5.16. The van der Waals surface area contributed by atoms with Crippen molar-refractivity contribution >= 4 is 17.5 Å². The highest BCUT2D eigenvalue weighted by molar-refractivity contribution is 6.29. The summed E-state index contributed by atoms with van der Waals surface area (Å²) in [5.74, 6) is -0.179. The molecule has 1 rings (SSSR count). The number of ether oxygens (including phenoxy) is 1. The molecule has 0 aliphatic carbocycles. The van der Waals surface area contributed by atoms with E-state index < -0.39 is 0 Å². The van der Waals surface area contributed by atoms with Crippen LogP contribution in [0.25, 0.3) is 0 Å². The maximum Gasteiger partial charge on any atom is 0.251 e. The highest BCUT2D eigenvalue weighted by Crippen LogP contribution is 2.06. The Kier molecular flexibility index (Phi) is 6.29. The molecule has 0 spiro atoms. The van der Waals surface area contributed by atoms with Gasteiger partial charge >= 0.3 is 0 Å². The number of hydrogen-bond donors (Lipinski definition) is 1. The average Bonchev–Trinajstić information content (AvgIpc) is 2.33. The minimum atomic E-state index is -0.179. The van der Waals surface area contributed by atoms with Gasteiger partial charge < -0.3 is 10.1 Å². The maximum atomic E-state index is 11.6.